The summed E-state index contributed by atoms with van der Waals surface area (Å²) in [5, 5.41) is 3.28. The zero-order valence-electron chi connectivity index (χ0n) is 11.9. The molecule has 0 aliphatic heterocycles. The normalized spacial score (nSPS) is 10.8. The Kier molecular flexibility index (Phi) is 5.62. The van der Waals surface area contributed by atoms with Gasteiger partial charge in [0, 0.05) is 21.9 Å². The third kappa shape index (κ3) is 4.09. The standard InChI is InChI=1S/C17H20FNS/c1-3-10-19-12-15-16(18)8-5-9-17(15)20-14-7-4-6-13(2)11-14/h4-9,11,19H,3,10,12H2,1-2H3. The van der Waals surface area contributed by atoms with Crippen LogP contribution in [0.15, 0.2) is 52.3 Å². The van der Waals surface area contributed by atoms with Gasteiger partial charge in [0.05, 0.1) is 0 Å². The van der Waals surface area contributed by atoms with Crippen molar-refractivity contribution in [3.05, 3.63) is 59.4 Å². The van der Waals surface area contributed by atoms with E-state index in [-0.39, 0.29) is 5.82 Å². The Morgan fingerprint density at radius 1 is 1.15 bits per heavy atom. The summed E-state index contributed by atoms with van der Waals surface area (Å²) in [5.41, 5.74) is 1.98. The predicted octanol–water partition coefficient (Wildman–Crippen LogP) is 4.78. The highest BCUT2D eigenvalue weighted by molar-refractivity contribution is 7.99. The third-order valence-corrected chi connectivity index (χ3v) is 4.11. The number of aryl methyl sites for hydroxylation is 1. The van der Waals surface area contributed by atoms with Gasteiger partial charge in [-0.2, -0.15) is 0 Å². The zero-order chi connectivity index (χ0) is 14.4. The smallest absolute Gasteiger partial charge is 0.128 e. The number of nitrogens with one attached hydrogen (secondary N) is 1. The molecule has 0 fully saturated rings. The van der Waals surface area contributed by atoms with Gasteiger partial charge in [-0.25, -0.2) is 4.39 Å². The average Bonchev–Trinajstić information content (AvgIpc) is 2.42. The van der Waals surface area contributed by atoms with Crippen LogP contribution in [-0.4, -0.2) is 6.54 Å². The van der Waals surface area contributed by atoms with Gasteiger partial charge in [0.25, 0.3) is 0 Å². The molecule has 0 aliphatic carbocycles. The minimum atomic E-state index is -0.133. The number of benzene rings is 2. The first kappa shape index (κ1) is 15.1. The molecule has 0 saturated heterocycles. The second kappa shape index (κ2) is 7.46. The van der Waals surface area contributed by atoms with E-state index in [1.165, 1.54) is 11.6 Å². The van der Waals surface area contributed by atoms with Gasteiger partial charge in [-0.15, -0.1) is 0 Å². The van der Waals surface area contributed by atoms with Crippen molar-refractivity contribution in [1.29, 1.82) is 0 Å². The summed E-state index contributed by atoms with van der Waals surface area (Å²) in [5.74, 6) is -0.133. The molecule has 0 saturated carbocycles. The molecule has 20 heavy (non-hydrogen) atoms. The molecule has 1 nitrogen and oxygen atoms in total. The van der Waals surface area contributed by atoms with Crippen molar-refractivity contribution in [3.8, 4) is 0 Å². The molecule has 0 bridgehead atoms. The molecule has 2 rings (SSSR count). The van der Waals surface area contributed by atoms with Crippen molar-refractivity contribution in [2.45, 2.75) is 36.6 Å². The van der Waals surface area contributed by atoms with Gasteiger partial charge in [0.2, 0.25) is 0 Å². The highest BCUT2D eigenvalue weighted by atomic mass is 32.2. The minimum absolute atomic E-state index is 0.133. The molecule has 1 N–H and O–H groups in total. The topological polar surface area (TPSA) is 12.0 Å². The minimum Gasteiger partial charge on any atom is -0.313 e. The van der Waals surface area contributed by atoms with Crippen molar-refractivity contribution in [2.24, 2.45) is 0 Å². The Morgan fingerprint density at radius 3 is 2.70 bits per heavy atom. The third-order valence-electron chi connectivity index (χ3n) is 3.02. The maximum Gasteiger partial charge on any atom is 0.128 e. The Bertz CT molecular complexity index is 569. The van der Waals surface area contributed by atoms with Gasteiger partial charge in [-0.3, -0.25) is 0 Å². The predicted molar refractivity (Wildman–Crippen MR) is 83.7 cm³/mol. The zero-order valence-corrected chi connectivity index (χ0v) is 12.8. The van der Waals surface area contributed by atoms with Gasteiger partial charge in [-0.1, -0.05) is 42.4 Å². The number of hydrogen-bond acceptors (Lipinski definition) is 2. The van der Waals surface area contributed by atoms with E-state index in [4.69, 9.17) is 0 Å². The highest BCUT2D eigenvalue weighted by Crippen LogP contribution is 2.32. The largest absolute Gasteiger partial charge is 0.313 e. The SMILES string of the molecule is CCCNCc1c(F)cccc1Sc1cccc(C)c1. The van der Waals surface area contributed by atoms with Crippen LogP contribution >= 0.6 is 11.8 Å². The summed E-state index contributed by atoms with van der Waals surface area (Å²) in [6, 6.07) is 13.6. The molecule has 2 aromatic rings. The molecule has 2 aromatic carbocycles. The Balaban J connectivity index is 2.20. The maximum atomic E-state index is 14.0. The van der Waals surface area contributed by atoms with Crippen LogP contribution in [0.5, 0.6) is 0 Å². The first-order chi connectivity index (χ1) is 9.70. The van der Waals surface area contributed by atoms with Gasteiger partial charge in [0.15, 0.2) is 0 Å². The van der Waals surface area contributed by atoms with Crippen molar-refractivity contribution in [3.63, 3.8) is 0 Å². The fourth-order valence-electron chi connectivity index (χ4n) is 2.00. The van der Waals surface area contributed by atoms with Gasteiger partial charge < -0.3 is 5.32 Å². The average molecular weight is 289 g/mol. The fraction of sp³-hybridized carbons (Fsp3) is 0.294. The molecule has 3 heteroatoms. The number of hydrogen-bond donors (Lipinski definition) is 1. The summed E-state index contributed by atoms with van der Waals surface area (Å²) < 4.78 is 14.0. The van der Waals surface area contributed by atoms with Crippen molar-refractivity contribution in [1.82, 2.24) is 5.32 Å². The van der Waals surface area contributed by atoms with Crippen molar-refractivity contribution >= 4 is 11.8 Å². The van der Waals surface area contributed by atoms with Crippen LogP contribution in [0.1, 0.15) is 24.5 Å². The van der Waals surface area contributed by atoms with Gasteiger partial charge >= 0.3 is 0 Å². The molecule has 0 heterocycles. The summed E-state index contributed by atoms with van der Waals surface area (Å²) in [7, 11) is 0. The maximum absolute atomic E-state index is 14.0. The second-order valence-electron chi connectivity index (χ2n) is 4.81. The first-order valence-electron chi connectivity index (χ1n) is 6.93. The van der Waals surface area contributed by atoms with Crippen molar-refractivity contribution in [2.75, 3.05) is 6.54 Å². The molecule has 0 aromatic heterocycles. The van der Waals surface area contributed by atoms with Gasteiger partial charge in [0.1, 0.15) is 5.82 Å². The fourth-order valence-corrected chi connectivity index (χ4v) is 3.09. The van der Waals surface area contributed by atoms with Crippen LogP contribution in [0.4, 0.5) is 4.39 Å². The van der Waals surface area contributed by atoms with E-state index in [2.05, 4.69) is 37.4 Å². The lowest BCUT2D eigenvalue weighted by Crippen LogP contribution is -2.15. The number of halogens is 1. The summed E-state index contributed by atoms with van der Waals surface area (Å²) in [6.45, 7) is 5.66. The van der Waals surface area contributed by atoms with E-state index in [1.807, 2.05) is 12.1 Å². The second-order valence-corrected chi connectivity index (χ2v) is 5.93. The Hall–Kier alpha value is -1.32. The molecule has 0 radical (unpaired) electrons. The monoisotopic (exact) mass is 289 g/mol. The molecular formula is C17H20FNS. The lowest BCUT2D eigenvalue weighted by atomic mass is 10.2. The van der Waals surface area contributed by atoms with Gasteiger partial charge in [-0.05, 0) is 44.2 Å². The van der Waals surface area contributed by atoms with Crippen LogP contribution in [0, 0.1) is 12.7 Å². The van der Waals surface area contributed by atoms with E-state index in [1.54, 1.807) is 17.8 Å². The summed E-state index contributed by atoms with van der Waals surface area (Å²) >= 11 is 1.62. The first-order valence-corrected chi connectivity index (χ1v) is 7.75. The van der Waals surface area contributed by atoms with Crippen LogP contribution in [-0.2, 0) is 6.54 Å². The van der Waals surface area contributed by atoms with E-state index in [0.717, 1.165) is 28.3 Å². The van der Waals surface area contributed by atoms with Crippen LogP contribution in [0.2, 0.25) is 0 Å². The Morgan fingerprint density at radius 2 is 1.95 bits per heavy atom. The number of rotatable bonds is 6. The molecule has 0 amide bonds. The lowest BCUT2D eigenvalue weighted by molar-refractivity contribution is 0.578. The highest BCUT2D eigenvalue weighted by Gasteiger charge is 2.09. The summed E-state index contributed by atoms with van der Waals surface area (Å²) in [4.78, 5) is 2.13. The molecular weight excluding hydrogens is 269 g/mol. The van der Waals surface area contributed by atoms with Crippen molar-refractivity contribution < 1.29 is 4.39 Å². The lowest BCUT2D eigenvalue weighted by Gasteiger charge is -2.11. The van der Waals surface area contributed by atoms with E-state index in [9.17, 15) is 4.39 Å². The molecule has 0 atom stereocenters. The molecule has 0 spiro atoms. The van der Waals surface area contributed by atoms with Crippen LogP contribution < -0.4 is 5.32 Å². The molecule has 106 valence electrons. The molecule has 0 aliphatic rings. The van der Waals surface area contributed by atoms with E-state index in [0.29, 0.717) is 6.54 Å². The van der Waals surface area contributed by atoms with E-state index < -0.39 is 0 Å². The van der Waals surface area contributed by atoms with Crippen LogP contribution in [0.25, 0.3) is 0 Å². The Labute approximate surface area is 124 Å². The quantitative estimate of drug-likeness (QED) is 0.768. The summed E-state index contributed by atoms with van der Waals surface area (Å²) in [6.07, 6.45) is 1.05. The van der Waals surface area contributed by atoms with Crippen LogP contribution in [0.3, 0.4) is 0 Å². The molecule has 0 unspecified atom stereocenters. The van der Waals surface area contributed by atoms with E-state index >= 15 is 0 Å².